The van der Waals surface area contributed by atoms with Crippen LogP contribution >= 0.6 is 11.6 Å². The van der Waals surface area contributed by atoms with E-state index in [4.69, 9.17) is 11.6 Å². The van der Waals surface area contributed by atoms with Crippen molar-refractivity contribution in [3.63, 3.8) is 0 Å². The quantitative estimate of drug-likeness (QED) is 0.850. The lowest BCUT2D eigenvalue weighted by Crippen LogP contribution is -3.24. The molecule has 4 rings (SSSR count). The van der Waals surface area contributed by atoms with Crippen LogP contribution in [0, 0.1) is 0 Å². The number of quaternary nitrogens is 1. The number of nitrogens with one attached hydrogen (secondary N) is 2. The molecule has 1 aliphatic carbocycles. The van der Waals surface area contributed by atoms with Crippen molar-refractivity contribution < 1.29 is 9.69 Å². The molecule has 2 N–H and O–H groups in total. The van der Waals surface area contributed by atoms with E-state index in [0.29, 0.717) is 16.6 Å². The summed E-state index contributed by atoms with van der Waals surface area (Å²) in [6.45, 7) is 0. The molecular weight excluding hydrogens is 332 g/mol. The third-order valence-electron chi connectivity index (χ3n) is 6.72. The van der Waals surface area contributed by atoms with Gasteiger partial charge >= 0.3 is 0 Å². The number of carbonyl (C=O) groups is 1. The number of carbonyl (C=O) groups excluding carboxylic acids is 1. The van der Waals surface area contributed by atoms with Crippen molar-refractivity contribution in [1.29, 1.82) is 0 Å². The van der Waals surface area contributed by atoms with Crippen molar-refractivity contribution in [2.24, 2.45) is 0 Å². The van der Waals surface area contributed by atoms with Crippen LogP contribution in [0.3, 0.4) is 0 Å². The largest absolute Gasteiger partial charge is 0.349 e. The molecule has 3 nitrogen and oxygen atoms in total. The van der Waals surface area contributed by atoms with Gasteiger partial charge in [0.15, 0.2) is 0 Å². The van der Waals surface area contributed by atoms with Crippen LogP contribution in [0.15, 0.2) is 24.3 Å². The van der Waals surface area contributed by atoms with E-state index in [2.05, 4.69) is 5.32 Å². The summed E-state index contributed by atoms with van der Waals surface area (Å²) in [6, 6.07) is 10.0. The Balaban J connectivity index is 1.43. The summed E-state index contributed by atoms with van der Waals surface area (Å²) >= 11 is 6.19. The molecule has 3 aliphatic rings. The van der Waals surface area contributed by atoms with Gasteiger partial charge in [-0.2, -0.15) is 0 Å². The van der Waals surface area contributed by atoms with E-state index < -0.39 is 0 Å². The van der Waals surface area contributed by atoms with Crippen LogP contribution in [0.5, 0.6) is 0 Å². The fourth-order valence-corrected chi connectivity index (χ4v) is 5.92. The van der Waals surface area contributed by atoms with Crippen LogP contribution in [-0.4, -0.2) is 30.1 Å². The maximum atomic E-state index is 12.6. The molecule has 2 saturated heterocycles. The normalized spacial score (nSPS) is 33.0. The lowest BCUT2D eigenvalue weighted by Gasteiger charge is -2.50. The van der Waals surface area contributed by atoms with Crippen LogP contribution in [0.2, 0.25) is 5.02 Å². The minimum atomic E-state index is -0.00482. The van der Waals surface area contributed by atoms with Gasteiger partial charge in [-0.1, -0.05) is 30.2 Å². The highest BCUT2D eigenvalue weighted by Gasteiger charge is 2.45. The number of halogens is 1. The Hall–Kier alpha value is -1.06. The van der Waals surface area contributed by atoms with Gasteiger partial charge in [-0.05, 0) is 57.1 Å². The Bertz CT molecular complexity index is 600. The van der Waals surface area contributed by atoms with Gasteiger partial charge in [0.2, 0.25) is 0 Å². The monoisotopic (exact) mass is 361 g/mol. The molecule has 25 heavy (non-hydrogen) atoms. The van der Waals surface area contributed by atoms with Crippen LogP contribution in [-0.2, 0) is 0 Å². The zero-order valence-electron chi connectivity index (χ0n) is 15.0. The lowest BCUT2D eigenvalue weighted by atomic mass is 9.78. The molecule has 2 bridgehead atoms. The Morgan fingerprint density at radius 1 is 0.920 bits per heavy atom. The first kappa shape index (κ1) is 17.4. The number of rotatable bonds is 3. The van der Waals surface area contributed by atoms with Crippen molar-refractivity contribution in [2.75, 3.05) is 0 Å². The summed E-state index contributed by atoms with van der Waals surface area (Å²) in [5, 5.41) is 3.84. The van der Waals surface area contributed by atoms with E-state index in [9.17, 15) is 4.79 Å². The van der Waals surface area contributed by atoms with Crippen LogP contribution in [0.4, 0.5) is 0 Å². The molecule has 0 radical (unpaired) electrons. The Labute approximate surface area is 156 Å². The standard InChI is InChI=1S/C21H29ClN2O/c22-20-12-5-4-11-19(20)21(25)23-15-13-17-9-6-10-18(14-15)24(17)16-7-2-1-3-8-16/h4-5,11-12,15-18H,1-3,6-10,13-14H2,(H,23,25)/p+1/t17-,18-/m1/s1. The number of piperidine rings is 2. The van der Waals surface area contributed by atoms with Crippen LogP contribution in [0.1, 0.15) is 74.6 Å². The highest BCUT2D eigenvalue weighted by molar-refractivity contribution is 6.33. The molecule has 1 amide bonds. The molecule has 1 saturated carbocycles. The summed E-state index contributed by atoms with van der Waals surface area (Å²) in [5.74, 6) is -0.00482. The molecule has 3 fully saturated rings. The van der Waals surface area contributed by atoms with Gasteiger partial charge in [-0.25, -0.2) is 0 Å². The molecule has 136 valence electrons. The lowest BCUT2D eigenvalue weighted by molar-refractivity contribution is -0.984. The van der Waals surface area contributed by atoms with E-state index in [-0.39, 0.29) is 5.91 Å². The second-order valence-electron chi connectivity index (χ2n) is 8.28. The zero-order valence-corrected chi connectivity index (χ0v) is 15.7. The van der Waals surface area contributed by atoms with Crippen molar-refractivity contribution in [2.45, 2.75) is 88.4 Å². The summed E-state index contributed by atoms with van der Waals surface area (Å²) < 4.78 is 0. The van der Waals surface area contributed by atoms with Gasteiger partial charge in [-0.3, -0.25) is 4.79 Å². The second kappa shape index (κ2) is 7.67. The molecule has 0 aromatic heterocycles. The van der Waals surface area contributed by atoms with Gasteiger partial charge in [-0.15, -0.1) is 0 Å². The molecule has 1 aromatic rings. The van der Waals surface area contributed by atoms with Crippen molar-refractivity contribution in [3.8, 4) is 0 Å². The summed E-state index contributed by atoms with van der Waals surface area (Å²) in [7, 11) is 0. The molecule has 2 atom stereocenters. The number of hydrogen-bond donors (Lipinski definition) is 2. The Morgan fingerprint density at radius 2 is 1.56 bits per heavy atom. The maximum Gasteiger partial charge on any atom is 0.253 e. The molecule has 4 heteroatoms. The SMILES string of the molecule is O=C(NC1C[C@H]2CCC[C@H](C1)[NH+]2C1CCCCC1)c1ccccc1Cl. The van der Waals surface area contributed by atoms with E-state index in [1.807, 2.05) is 23.1 Å². The first-order valence-electron chi connectivity index (χ1n) is 10.1. The van der Waals surface area contributed by atoms with Crippen LogP contribution in [0.25, 0.3) is 0 Å². The van der Waals surface area contributed by atoms with Crippen molar-refractivity contribution in [3.05, 3.63) is 34.9 Å². The Kier molecular flexibility index (Phi) is 5.33. The smallest absolute Gasteiger partial charge is 0.253 e. The van der Waals surface area contributed by atoms with Crippen molar-refractivity contribution in [1.82, 2.24) is 5.32 Å². The fraction of sp³-hybridized carbons (Fsp3) is 0.667. The van der Waals surface area contributed by atoms with Crippen molar-refractivity contribution >= 4 is 17.5 Å². The minimum absolute atomic E-state index is 0.00482. The van der Waals surface area contributed by atoms with Gasteiger partial charge < -0.3 is 10.2 Å². The molecule has 2 aliphatic heterocycles. The third-order valence-corrected chi connectivity index (χ3v) is 7.05. The number of amides is 1. The zero-order chi connectivity index (χ0) is 17.2. The summed E-state index contributed by atoms with van der Waals surface area (Å²) in [4.78, 5) is 14.5. The first-order valence-corrected chi connectivity index (χ1v) is 10.5. The van der Waals surface area contributed by atoms with E-state index in [0.717, 1.165) is 31.0 Å². The first-order chi connectivity index (χ1) is 12.2. The number of benzene rings is 1. The van der Waals surface area contributed by atoms with Gasteiger partial charge in [0.1, 0.15) is 0 Å². The summed E-state index contributed by atoms with van der Waals surface area (Å²) in [5.41, 5.74) is 0.608. The number of hydrogen-bond acceptors (Lipinski definition) is 1. The van der Waals surface area contributed by atoms with E-state index >= 15 is 0 Å². The molecule has 0 unspecified atom stereocenters. The molecular formula is C21H30ClN2O+. The molecule has 2 heterocycles. The average molecular weight is 362 g/mol. The minimum Gasteiger partial charge on any atom is -0.349 e. The van der Waals surface area contributed by atoms with E-state index in [1.165, 1.54) is 51.4 Å². The maximum absolute atomic E-state index is 12.6. The number of fused-ring (bicyclic) bond motifs is 2. The predicted octanol–water partition coefficient (Wildman–Crippen LogP) is 3.37. The topological polar surface area (TPSA) is 33.5 Å². The summed E-state index contributed by atoms with van der Waals surface area (Å²) in [6.07, 6.45) is 13.4. The molecule has 1 aromatic carbocycles. The third kappa shape index (κ3) is 3.73. The Morgan fingerprint density at radius 3 is 2.24 bits per heavy atom. The van der Waals surface area contributed by atoms with Gasteiger partial charge in [0.25, 0.3) is 5.91 Å². The van der Waals surface area contributed by atoms with E-state index in [1.54, 1.807) is 6.07 Å². The highest BCUT2D eigenvalue weighted by atomic mass is 35.5. The average Bonchev–Trinajstić information content (AvgIpc) is 2.62. The highest BCUT2D eigenvalue weighted by Crippen LogP contribution is 2.26. The molecule has 0 spiro atoms. The predicted molar refractivity (Wildman–Crippen MR) is 101 cm³/mol. The van der Waals surface area contributed by atoms with Gasteiger partial charge in [0, 0.05) is 18.9 Å². The second-order valence-corrected chi connectivity index (χ2v) is 8.69. The van der Waals surface area contributed by atoms with Crippen LogP contribution < -0.4 is 10.2 Å². The van der Waals surface area contributed by atoms with Gasteiger partial charge in [0.05, 0.1) is 28.7 Å². The fourth-order valence-electron chi connectivity index (χ4n) is 5.70.